The van der Waals surface area contributed by atoms with E-state index in [9.17, 15) is 9.90 Å². The van der Waals surface area contributed by atoms with Crippen molar-refractivity contribution >= 4 is 5.97 Å². The lowest BCUT2D eigenvalue weighted by Crippen LogP contribution is -2.08. The summed E-state index contributed by atoms with van der Waals surface area (Å²) in [6.45, 7) is 8.37. The molecular weight excluding hydrogens is 264 g/mol. The molecule has 2 aromatic rings. The highest BCUT2D eigenvalue weighted by molar-refractivity contribution is 5.87. The van der Waals surface area contributed by atoms with E-state index in [1.54, 1.807) is 12.1 Å². The van der Waals surface area contributed by atoms with E-state index in [0.717, 1.165) is 12.0 Å². The summed E-state index contributed by atoms with van der Waals surface area (Å²) < 4.78 is 1.45. The molecule has 0 saturated carbocycles. The number of carboxylic acids is 1. The van der Waals surface area contributed by atoms with Crippen LogP contribution in [0.5, 0.6) is 0 Å². The molecule has 1 aromatic heterocycles. The van der Waals surface area contributed by atoms with Gasteiger partial charge in [0.1, 0.15) is 5.69 Å². The second kappa shape index (κ2) is 6.39. The van der Waals surface area contributed by atoms with Crippen LogP contribution < -0.4 is 0 Å². The largest absolute Gasteiger partial charge is 0.477 e. The van der Waals surface area contributed by atoms with Crippen molar-refractivity contribution in [2.75, 3.05) is 0 Å². The maximum absolute atomic E-state index is 11.2. The van der Waals surface area contributed by atoms with Crippen LogP contribution in [0.4, 0.5) is 0 Å². The number of nitrogens with zero attached hydrogens (tertiary/aromatic N) is 2. The Labute approximate surface area is 124 Å². The summed E-state index contributed by atoms with van der Waals surface area (Å²) in [6.07, 6.45) is 2.67. The number of hydrogen-bond acceptors (Lipinski definition) is 2. The van der Waals surface area contributed by atoms with Gasteiger partial charge in [-0.15, -0.1) is 6.58 Å². The fourth-order valence-electron chi connectivity index (χ4n) is 2.27. The third-order valence-electron chi connectivity index (χ3n) is 3.19. The zero-order valence-corrected chi connectivity index (χ0v) is 12.4. The molecule has 0 fully saturated rings. The number of rotatable bonds is 6. The van der Waals surface area contributed by atoms with Crippen molar-refractivity contribution in [1.29, 1.82) is 0 Å². The van der Waals surface area contributed by atoms with Crippen molar-refractivity contribution in [1.82, 2.24) is 9.78 Å². The molecule has 0 aliphatic carbocycles. The zero-order valence-electron chi connectivity index (χ0n) is 12.4. The Balaban J connectivity index is 2.31. The minimum absolute atomic E-state index is 0.177. The van der Waals surface area contributed by atoms with Crippen LogP contribution in [0, 0.1) is 5.92 Å². The summed E-state index contributed by atoms with van der Waals surface area (Å²) in [5.74, 6) is -0.367. The standard InChI is InChI=1S/C17H20N2O2/c1-4-9-19-16(17(20)21)11-15(18-19)14-7-5-13(6-8-14)10-12(2)3/h4-8,11-12H,1,9-10H2,2-3H3,(H,20,21). The van der Waals surface area contributed by atoms with Crippen LogP contribution >= 0.6 is 0 Å². The van der Waals surface area contributed by atoms with E-state index in [-0.39, 0.29) is 5.69 Å². The van der Waals surface area contributed by atoms with Crippen LogP contribution in [-0.4, -0.2) is 20.9 Å². The van der Waals surface area contributed by atoms with Gasteiger partial charge in [0, 0.05) is 5.56 Å². The number of aromatic carboxylic acids is 1. The fourth-order valence-corrected chi connectivity index (χ4v) is 2.27. The van der Waals surface area contributed by atoms with Crippen molar-refractivity contribution in [3.63, 3.8) is 0 Å². The maximum atomic E-state index is 11.2. The number of benzene rings is 1. The Bertz CT molecular complexity index is 639. The topological polar surface area (TPSA) is 55.1 Å². The summed E-state index contributed by atoms with van der Waals surface area (Å²) in [5, 5.41) is 13.5. The molecule has 0 saturated heterocycles. The highest BCUT2D eigenvalue weighted by Gasteiger charge is 2.14. The second-order valence-corrected chi connectivity index (χ2v) is 5.49. The molecule has 2 rings (SSSR count). The van der Waals surface area contributed by atoms with E-state index in [0.29, 0.717) is 18.2 Å². The van der Waals surface area contributed by atoms with E-state index in [2.05, 4.69) is 37.7 Å². The molecule has 0 bridgehead atoms. The number of carboxylic acid groups (broad SMARTS) is 1. The lowest BCUT2D eigenvalue weighted by molar-refractivity contribution is 0.0684. The molecule has 0 unspecified atom stereocenters. The van der Waals surface area contributed by atoms with Crippen LogP contribution in [0.15, 0.2) is 43.0 Å². The van der Waals surface area contributed by atoms with E-state index in [4.69, 9.17) is 0 Å². The third-order valence-corrected chi connectivity index (χ3v) is 3.19. The normalized spacial score (nSPS) is 10.8. The number of carbonyl (C=O) groups is 1. The lowest BCUT2D eigenvalue weighted by Gasteiger charge is -2.05. The van der Waals surface area contributed by atoms with Gasteiger partial charge in [0.15, 0.2) is 0 Å². The molecule has 4 nitrogen and oxygen atoms in total. The average molecular weight is 284 g/mol. The van der Waals surface area contributed by atoms with Crippen LogP contribution in [0.2, 0.25) is 0 Å². The Morgan fingerprint density at radius 2 is 2.05 bits per heavy atom. The van der Waals surface area contributed by atoms with Crippen molar-refractivity contribution in [3.05, 3.63) is 54.2 Å². The highest BCUT2D eigenvalue weighted by Crippen LogP contribution is 2.21. The second-order valence-electron chi connectivity index (χ2n) is 5.49. The molecule has 1 aromatic carbocycles. The monoisotopic (exact) mass is 284 g/mol. The van der Waals surface area contributed by atoms with Crippen LogP contribution in [0.1, 0.15) is 29.9 Å². The molecule has 0 atom stereocenters. The van der Waals surface area contributed by atoms with Crippen molar-refractivity contribution in [3.8, 4) is 11.3 Å². The first-order valence-electron chi connectivity index (χ1n) is 7.02. The third kappa shape index (κ3) is 3.60. The van der Waals surface area contributed by atoms with E-state index in [1.807, 2.05) is 12.1 Å². The molecule has 0 aliphatic rings. The molecule has 1 heterocycles. The van der Waals surface area contributed by atoms with Crippen molar-refractivity contribution < 1.29 is 9.90 Å². The summed E-state index contributed by atoms with van der Waals surface area (Å²) in [6, 6.07) is 9.72. The van der Waals surface area contributed by atoms with Crippen LogP contribution in [0.3, 0.4) is 0 Å². The van der Waals surface area contributed by atoms with Gasteiger partial charge in [0.25, 0.3) is 0 Å². The molecule has 110 valence electrons. The van der Waals surface area contributed by atoms with E-state index < -0.39 is 5.97 Å². The fraction of sp³-hybridized carbons (Fsp3) is 0.294. The highest BCUT2D eigenvalue weighted by atomic mass is 16.4. The lowest BCUT2D eigenvalue weighted by atomic mass is 10.0. The van der Waals surface area contributed by atoms with Gasteiger partial charge in [0.2, 0.25) is 0 Å². The Morgan fingerprint density at radius 3 is 2.57 bits per heavy atom. The first-order chi connectivity index (χ1) is 10.0. The molecule has 0 amide bonds. The minimum Gasteiger partial charge on any atom is -0.477 e. The molecule has 0 aliphatic heterocycles. The summed E-state index contributed by atoms with van der Waals surface area (Å²) in [7, 11) is 0. The first kappa shape index (κ1) is 15.0. The summed E-state index contributed by atoms with van der Waals surface area (Å²) in [4.78, 5) is 11.2. The van der Waals surface area contributed by atoms with Gasteiger partial charge in [-0.2, -0.15) is 5.10 Å². The Morgan fingerprint density at radius 1 is 1.38 bits per heavy atom. The minimum atomic E-state index is -0.980. The van der Waals surface area contributed by atoms with Gasteiger partial charge in [0.05, 0.1) is 12.2 Å². The Hall–Kier alpha value is -2.36. The van der Waals surface area contributed by atoms with Gasteiger partial charge in [-0.1, -0.05) is 44.2 Å². The average Bonchev–Trinajstić information content (AvgIpc) is 2.83. The molecule has 0 spiro atoms. The molecule has 21 heavy (non-hydrogen) atoms. The predicted octanol–water partition coefficient (Wildman–Crippen LogP) is 3.63. The Kier molecular flexibility index (Phi) is 4.58. The molecule has 4 heteroatoms. The van der Waals surface area contributed by atoms with E-state index in [1.165, 1.54) is 10.2 Å². The zero-order chi connectivity index (χ0) is 15.4. The summed E-state index contributed by atoms with van der Waals surface area (Å²) in [5.41, 5.74) is 3.05. The quantitative estimate of drug-likeness (QED) is 0.824. The van der Waals surface area contributed by atoms with Gasteiger partial charge in [-0.25, -0.2) is 4.79 Å². The molecule has 0 radical (unpaired) electrons. The first-order valence-corrected chi connectivity index (χ1v) is 7.02. The van der Waals surface area contributed by atoms with Crippen molar-refractivity contribution in [2.24, 2.45) is 5.92 Å². The predicted molar refractivity (Wildman–Crippen MR) is 83.4 cm³/mol. The number of hydrogen-bond donors (Lipinski definition) is 1. The number of allylic oxidation sites excluding steroid dienone is 1. The van der Waals surface area contributed by atoms with Gasteiger partial charge >= 0.3 is 5.97 Å². The molecular formula is C17H20N2O2. The SMILES string of the molecule is C=CCn1nc(-c2ccc(CC(C)C)cc2)cc1C(=O)O. The van der Waals surface area contributed by atoms with E-state index >= 15 is 0 Å². The summed E-state index contributed by atoms with van der Waals surface area (Å²) >= 11 is 0. The molecule has 1 N–H and O–H groups in total. The number of aromatic nitrogens is 2. The van der Waals surface area contributed by atoms with Crippen LogP contribution in [-0.2, 0) is 13.0 Å². The van der Waals surface area contributed by atoms with Gasteiger partial charge in [-0.05, 0) is 24.0 Å². The maximum Gasteiger partial charge on any atom is 0.354 e. The smallest absolute Gasteiger partial charge is 0.354 e. The van der Waals surface area contributed by atoms with Gasteiger partial charge in [-0.3, -0.25) is 4.68 Å². The van der Waals surface area contributed by atoms with Gasteiger partial charge < -0.3 is 5.11 Å². The van der Waals surface area contributed by atoms with Crippen LogP contribution in [0.25, 0.3) is 11.3 Å². The van der Waals surface area contributed by atoms with Crippen molar-refractivity contribution in [2.45, 2.75) is 26.8 Å².